The lowest BCUT2D eigenvalue weighted by Crippen LogP contribution is -2.44. The Hall–Kier alpha value is -3.35. The summed E-state index contributed by atoms with van der Waals surface area (Å²) in [6.45, 7) is 0.762. The number of aryl methyl sites for hydroxylation is 1. The Morgan fingerprint density at radius 1 is 1.26 bits per heavy atom. The van der Waals surface area contributed by atoms with Crippen molar-refractivity contribution in [2.75, 3.05) is 0 Å². The molecule has 162 valence electrons. The third-order valence-corrected chi connectivity index (χ3v) is 5.93. The Kier molecular flexibility index (Phi) is 6.50. The summed E-state index contributed by atoms with van der Waals surface area (Å²) >= 11 is 0. The maximum Gasteiger partial charge on any atom is 0.220 e. The topological polar surface area (TPSA) is 89.2 Å². The van der Waals surface area contributed by atoms with Gasteiger partial charge in [-0.3, -0.25) is 9.59 Å². The zero-order chi connectivity index (χ0) is 21.5. The molecule has 2 amide bonds. The second-order valence-corrected chi connectivity index (χ2v) is 8.20. The van der Waals surface area contributed by atoms with E-state index in [-0.39, 0.29) is 17.9 Å². The van der Waals surface area contributed by atoms with E-state index in [1.165, 1.54) is 0 Å². The lowest BCUT2D eigenvalue weighted by atomic mass is 9.87. The minimum atomic E-state index is -0.425. The molecule has 1 aromatic carbocycles. The normalized spacial score (nSPS) is 19.2. The van der Waals surface area contributed by atoms with Gasteiger partial charge in [-0.05, 0) is 37.0 Å². The van der Waals surface area contributed by atoms with E-state index < -0.39 is 5.54 Å². The Balaban J connectivity index is 1.38. The van der Waals surface area contributed by atoms with Gasteiger partial charge in [0.1, 0.15) is 5.76 Å². The van der Waals surface area contributed by atoms with Gasteiger partial charge in [-0.15, -0.1) is 0 Å². The monoisotopic (exact) mass is 420 g/mol. The van der Waals surface area contributed by atoms with Crippen LogP contribution in [-0.2, 0) is 22.6 Å². The van der Waals surface area contributed by atoms with Crippen LogP contribution in [-0.4, -0.2) is 26.9 Å². The highest BCUT2D eigenvalue weighted by atomic mass is 16.3. The van der Waals surface area contributed by atoms with Gasteiger partial charge in [0.25, 0.3) is 0 Å². The van der Waals surface area contributed by atoms with Gasteiger partial charge in [0.05, 0.1) is 18.6 Å². The van der Waals surface area contributed by atoms with Crippen LogP contribution >= 0.6 is 0 Å². The van der Waals surface area contributed by atoms with Gasteiger partial charge < -0.3 is 19.6 Å². The van der Waals surface area contributed by atoms with Gasteiger partial charge in [0.2, 0.25) is 11.8 Å². The number of amides is 2. The predicted molar refractivity (Wildman–Crippen MR) is 116 cm³/mol. The van der Waals surface area contributed by atoms with Crippen molar-refractivity contribution in [3.8, 4) is 0 Å². The summed E-state index contributed by atoms with van der Waals surface area (Å²) in [5.74, 6) is 0.846. The van der Waals surface area contributed by atoms with Crippen LogP contribution in [0.4, 0.5) is 0 Å². The summed E-state index contributed by atoms with van der Waals surface area (Å²) in [6, 6.07) is 13.7. The molecule has 1 fully saturated rings. The highest BCUT2D eigenvalue weighted by molar-refractivity contribution is 5.80. The van der Waals surface area contributed by atoms with Crippen LogP contribution in [0.3, 0.4) is 0 Å². The number of imidazole rings is 1. The van der Waals surface area contributed by atoms with Gasteiger partial charge in [0, 0.05) is 43.7 Å². The Morgan fingerprint density at radius 3 is 2.81 bits per heavy atom. The first-order valence-electron chi connectivity index (χ1n) is 10.8. The average molecular weight is 421 g/mol. The van der Waals surface area contributed by atoms with Crippen LogP contribution in [0.2, 0.25) is 0 Å². The molecule has 0 spiro atoms. The molecule has 0 unspecified atom stereocenters. The first-order valence-corrected chi connectivity index (χ1v) is 10.8. The second kappa shape index (κ2) is 9.64. The van der Waals surface area contributed by atoms with Crippen LogP contribution < -0.4 is 10.6 Å². The Bertz CT molecular complexity index is 970. The van der Waals surface area contributed by atoms with E-state index in [2.05, 4.69) is 15.6 Å². The van der Waals surface area contributed by atoms with Gasteiger partial charge in [0.15, 0.2) is 0 Å². The molecule has 1 saturated heterocycles. The molecule has 0 saturated carbocycles. The van der Waals surface area contributed by atoms with Crippen molar-refractivity contribution in [1.82, 2.24) is 20.2 Å². The highest BCUT2D eigenvalue weighted by Crippen LogP contribution is 2.30. The zero-order valence-corrected chi connectivity index (χ0v) is 17.5. The van der Waals surface area contributed by atoms with Crippen molar-refractivity contribution in [2.24, 2.45) is 0 Å². The molecule has 0 radical (unpaired) electrons. The minimum absolute atomic E-state index is 0.0144. The fourth-order valence-electron chi connectivity index (χ4n) is 4.25. The molecule has 2 atom stereocenters. The van der Waals surface area contributed by atoms with Gasteiger partial charge in [-0.2, -0.15) is 0 Å². The van der Waals surface area contributed by atoms with Crippen LogP contribution in [0, 0.1) is 0 Å². The predicted octanol–water partition coefficient (Wildman–Crippen LogP) is 3.40. The minimum Gasteiger partial charge on any atom is -0.469 e. The van der Waals surface area contributed by atoms with Gasteiger partial charge >= 0.3 is 0 Å². The van der Waals surface area contributed by atoms with Crippen LogP contribution in [0.25, 0.3) is 0 Å². The maximum atomic E-state index is 12.9. The van der Waals surface area contributed by atoms with Crippen molar-refractivity contribution in [3.05, 3.63) is 78.8 Å². The summed E-state index contributed by atoms with van der Waals surface area (Å²) in [7, 11) is 0. The fraction of sp³-hybridized carbons (Fsp3) is 0.375. The van der Waals surface area contributed by atoms with Crippen molar-refractivity contribution >= 4 is 11.8 Å². The number of carbonyl (C=O) groups is 2. The molecule has 1 aliphatic heterocycles. The number of hydrogen-bond acceptors (Lipinski definition) is 4. The third-order valence-electron chi connectivity index (χ3n) is 5.93. The summed E-state index contributed by atoms with van der Waals surface area (Å²) in [4.78, 5) is 28.9. The molecule has 2 aromatic heterocycles. The van der Waals surface area contributed by atoms with Crippen molar-refractivity contribution in [2.45, 2.75) is 56.7 Å². The maximum absolute atomic E-state index is 12.9. The SMILES string of the molecule is O=C(CC[C@@]1(Cc2ccco2)CCC(=O)N1)N[C@H](CCn1ccnc1)c1ccccc1. The molecule has 4 rings (SSSR count). The zero-order valence-electron chi connectivity index (χ0n) is 17.5. The second-order valence-electron chi connectivity index (χ2n) is 8.20. The van der Waals surface area contributed by atoms with E-state index in [4.69, 9.17) is 4.42 Å². The fourth-order valence-corrected chi connectivity index (χ4v) is 4.25. The quantitative estimate of drug-likeness (QED) is 0.526. The molecule has 0 bridgehead atoms. The summed E-state index contributed by atoms with van der Waals surface area (Å²) in [5.41, 5.74) is 0.654. The van der Waals surface area contributed by atoms with E-state index in [0.717, 1.165) is 24.3 Å². The molecule has 31 heavy (non-hydrogen) atoms. The summed E-state index contributed by atoms with van der Waals surface area (Å²) < 4.78 is 7.50. The number of rotatable bonds is 10. The molecule has 3 heterocycles. The molecular weight excluding hydrogens is 392 g/mol. The Labute approximate surface area is 181 Å². The highest BCUT2D eigenvalue weighted by Gasteiger charge is 2.38. The first-order chi connectivity index (χ1) is 15.1. The molecule has 0 aliphatic carbocycles. The third kappa shape index (κ3) is 5.63. The van der Waals surface area contributed by atoms with E-state index in [0.29, 0.717) is 32.1 Å². The molecule has 3 aromatic rings. The van der Waals surface area contributed by atoms with Crippen molar-refractivity contribution in [1.29, 1.82) is 0 Å². The first kappa shape index (κ1) is 20.9. The van der Waals surface area contributed by atoms with Crippen molar-refractivity contribution < 1.29 is 14.0 Å². The van der Waals surface area contributed by atoms with Gasteiger partial charge in [-0.25, -0.2) is 4.98 Å². The number of benzene rings is 1. The number of nitrogens with zero attached hydrogens (tertiary/aromatic N) is 2. The largest absolute Gasteiger partial charge is 0.469 e. The van der Waals surface area contributed by atoms with E-state index in [1.807, 2.05) is 53.2 Å². The number of aromatic nitrogens is 2. The van der Waals surface area contributed by atoms with Crippen LogP contribution in [0.15, 0.2) is 71.9 Å². The molecule has 7 nitrogen and oxygen atoms in total. The average Bonchev–Trinajstić information content (AvgIpc) is 3.54. The molecule has 1 aliphatic rings. The molecule has 2 N–H and O–H groups in total. The standard InChI is InChI=1S/C24H28N4O3/c29-22(8-11-24(12-9-23(30)27-24)17-20-7-4-16-31-20)26-21(19-5-2-1-3-6-19)10-14-28-15-13-25-18-28/h1-7,13,15-16,18,21H,8-12,14,17H2,(H,26,29)(H,27,30)/t21-,24+/m1/s1. The van der Waals surface area contributed by atoms with Gasteiger partial charge in [-0.1, -0.05) is 30.3 Å². The van der Waals surface area contributed by atoms with Crippen molar-refractivity contribution in [3.63, 3.8) is 0 Å². The number of carbonyl (C=O) groups excluding carboxylic acids is 2. The van der Waals surface area contributed by atoms with Crippen LogP contribution in [0.1, 0.15) is 49.5 Å². The smallest absolute Gasteiger partial charge is 0.220 e. The molecule has 7 heteroatoms. The lowest BCUT2D eigenvalue weighted by molar-refractivity contribution is -0.123. The number of furan rings is 1. The summed E-state index contributed by atoms with van der Waals surface area (Å²) in [6.07, 6.45) is 10.6. The molecular formula is C24H28N4O3. The lowest BCUT2D eigenvalue weighted by Gasteiger charge is -2.28. The number of nitrogens with one attached hydrogen (secondary N) is 2. The number of hydrogen-bond donors (Lipinski definition) is 2. The van der Waals surface area contributed by atoms with E-state index >= 15 is 0 Å². The van der Waals surface area contributed by atoms with E-state index in [1.54, 1.807) is 18.8 Å². The Morgan fingerprint density at radius 2 is 2.13 bits per heavy atom. The summed E-state index contributed by atoms with van der Waals surface area (Å²) in [5, 5.41) is 6.30. The van der Waals surface area contributed by atoms with Crippen LogP contribution in [0.5, 0.6) is 0 Å². The van der Waals surface area contributed by atoms with E-state index in [9.17, 15) is 9.59 Å².